The Hall–Kier alpha value is -1.73. The van der Waals surface area contributed by atoms with Crippen molar-refractivity contribution in [2.75, 3.05) is 0 Å². The maximum Gasteiger partial charge on any atom is 0.418 e. The molecule has 1 N–H and O–H groups in total. The summed E-state index contributed by atoms with van der Waals surface area (Å²) in [5, 5.41) is 8.39. The number of aromatic nitrogens is 1. The van der Waals surface area contributed by atoms with Crippen LogP contribution in [0.2, 0.25) is 0 Å². The highest BCUT2D eigenvalue weighted by molar-refractivity contribution is 5.70. The van der Waals surface area contributed by atoms with E-state index in [2.05, 4.69) is 4.98 Å². The molecule has 0 spiro atoms. The van der Waals surface area contributed by atoms with Crippen molar-refractivity contribution in [1.82, 2.24) is 4.98 Å². The fraction of sp³-hybridized carbons (Fsp3) is 0.333. The van der Waals surface area contributed by atoms with Gasteiger partial charge in [-0.3, -0.25) is 9.78 Å². The zero-order valence-corrected chi connectivity index (χ0v) is 8.13. The molecule has 0 fully saturated rings. The van der Waals surface area contributed by atoms with Crippen molar-refractivity contribution in [2.45, 2.75) is 19.0 Å². The first-order valence-electron chi connectivity index (χ1n) is 4.28. The van der Waals surface area contributed by atoms with Gasteiger partial charge in [-0.15, -0.1) is 0 Å². The van der Waals surface area contributed by atoms with Crippen molar-refractivity contribution in [3.63, 3.8) is 0 Å². The van der Waals surface area contributed by atoms with Crippen LogP contribution in [-0.2, 0) is 17.4 Å². The Kier molecular flexibility index (Phi) is 3.64. The Morgan fingerprint density at radius 2 is 1.94 bits per heavy atom. The lowest BCUT2D eigenvalue weighted by atomic mass is 10.1. The fourth-order valence-corrected chi connectivity index (χ4v) is 1.18. The topological polar surface area (TPSA) is 50.2 Å². The molecule has 94 valence electrons. The number of alkyl halides is 5. The van der Waals surface area contributed by atoms with E-state index < -0.39 is 41.9 Å². The normalized spacial score (nSPS) is 11.9. The van der Waals surface area contributed by atoms with E-state index in [-0.39, 0.29) is 0 Å². The summed E-state index contributed by atoms with van der Waals surface area (Å²) in [7, 11) is 0. The Balaban J connectivity index is 3.26. The molecular formula is C9H6F5NO2. The van der Waals surface area contributed by atoms with Crippen LogP contribution in [0.3, 0.4) is 0 Å². The zero-order chi connectivity index (χ0) is 13.2. The smallest absolute Gasteiger partial charge is 0.418 e. The lowest BCUT2D eigenvalue weighted by Crippen LogP contribution is -2.15. The molecule has 1 aromatic rings. The first kappa shape index (κ1) is 13.3. The molecule has 1 heterocycles. The SMILES string of the molecule is O=C(O)Cc1nc(C(F)F)ccc1C(F)(F)F. The van der Waals surface area contributed by atoms with Gasteiger partial charge in [-0.1, -0.05) is 0 Å². The van der Waals surface area contributed by atoms with Crippen LogP contribution in [0.4, 0.5) is 22.0 Å². The van der Waals surface area contributed by atoms with Gasteiger partial charge in [0.05, 0.1) is 17.7 Å². The maximum atomic E-state index is 12.4. The Bertz CT molecular complexity index is 430. The van der Waals surface area contributed by atoms with Crippen LogP contribution >= 0.6 is 0 Å². The van der Waals surface area contributed by atoms with E-state index in [1.54, 1.807) is 0 Å². The van der Waals surface area contributed by atoms with Gasteiger partial charge < -0.3 is 5.11 Å². The third-order valence-corrected chi connectivity index (χ3v) is 1.84. The van der Waals surface area contributed by atoms with Gasteiger partial charge in [0.25, 0.3) is 6.43 Å². The summed E-state index contributed by atoms with van der Waals surface area (Å²) in [6, 6.07) is 0.936. The van der Waals surface area contributed by atoms with Gasteiger partial charge in [0, 0.05) is 0 Å². The van der Waals surface area contributed by atoms with Crippen molar-refractivity contribution in [1.29, 1.82) is 0 Å². The molecule has 0 amide bonds. The van der Waals surface area contributed by atoms with Crippen molar-refractivity contribution < 1.29 is 31.9 Å². The fourth-order valence-electron chi connectivity index (χ4n) is 1.18. The largest absolute Gasteiger partial charge is 0.481 e. The summed E-state index contributed by atoms with van der Waals surface area (Å²) in [6.45, 7) is 0. The number of rotatable bonds is 3. The first-order chi connectivity index (χ1) is 7.71. The highest BCUT2D eigenvalue weighted by Gasteiger charge is 2.35. The van der Waals surface area contributed by atoms with Gasteiger partial charge in [0.1, 0.15) is 5.69 Å². The van der Waals surface area contributed by atoms with Crippen molar-refractivity contribution >= 4 is 5.97 Å². The van der Waals surface area contributed by atoms with E-state index in [1.165, 1.54) is 0 Å². The maximum absolute atomic E-state index is 12.4. The van der Waals surface area contributed by atoms with Crippen LogP contribution in [-0.4, -0.2) is 16.1 Å². The molecule has 1 aromatic heterocycles. The van der Waals surface area contributed by atoms with E-state index in [1.807, 2.05) is 0 Å². The van der Waals surface area contributed by atoms with E-state index in [0.717, 1.165) is 0 Å². The minimum absolute atomic E-state index is 0.409. The second kappa shape index (κ2) is 4.64. The Morgan fingerprint density at radius 1 is 1.35 bits per heavy atom. The van der Waals surface area contributed by atoms with Gasteiger partial charge in [-0.25, -0.2) is 8.78 Å². The number of hydrogen-bond acceptors (Lipinski definition) is 2. The molecular weight excluding hydrogens is 249 g/mol. The van der Waals surface area contributed by atoms with Crippen LogP contribution in [0.25, 0.3) is 0 Å². The highest BCUT2D eigenvalue weighted by atomic mass is 19.4. The minimum atomic E-state index is -4.82. The Labute approximate surface area is 91.9 Å². The highest BCUT2D eigenvalue weighted by Crippen LogP contribution is 2.32. The Morgan fingerprint density at radius 3 is 2.35 bits per heavy atom. The van der Waals surface area contributed by atoms with Gasteiger partial charge in [-0.05, 0) is 12.1 Å². The molecule has 1 rings (SSSR count). The third kappa shape index (κ3) is 3.36. The molecule has 0 aromatic carbocycles. The summed E-state index contributed by atoms with van der Waals surface area (Å²) < 4.78 is 61.7. The number of carbonyl (C=O) groups is 1. The number of carboxylic acid groups (broad SMARTS) is 1. The summed E-state index contributed by atoms with van der Waals surface area (Å²) in [5.41, 5.74) is -3.11. The molecule has 0 radical (unpaired) electrons. The summed E-state index contributed by atoms with van der Waals surface area (Å²) in [6.07, 6.45) is -8.93. The van der Waals surface area contributed by atoms with Crippen LogP contribution < -0.4 is 0 Å². The lowest BCUT2D eigenvalue weighted by molar-refractivity contribution is -0.140. The van der Waals surface area contributed by atoms with Gasteiger partial charge in [0.15, 0.2) is 0 Å². The second-order valence-corrected chi connectivity index (χ2v) is 3.10. The van der Waals surface area contributed by atoms with Crippen LogP contribution in [0.15, 0.2) is 12.1 Å². The predicted molar refractivity (Wildman–Crippen MR) is 45.5 cm³/mol. The molecule has 8 heteroatoms. The molecule has 0 aliphatic rings. The summed E-state index contributed by atoms with van der Waals surface area (Å²) in [5.74, 6) is -1.57. The van der Waals surface area contributed by atoms with Crippen molar-refractivity contribution in [3.05, 3.63) is 29.1 Å². The van der Waals surface area contributed by atoms with Crippen molar-refractivity contribution in [3.8, 4) is 0 Å². The molecule has 17 heavy (non-hydrogen) atoms. The predicted octanol–water partition coefficient (Wildman–Crippen LogP) is 2.67. The number of halogens is 5. The second-order valence-electron chi connectivity index (χ2n) is 3.10. The van der Waals surface area contributed by atoms with Crippen molar-refractivity contribution in [2.24, 2.45) is 0 Å². The molecule has 0 saturated heterocycles. The van der Waals surface area contributed by atoms with Crippen LogP contribution in [0.5, 0.6) is 0 Å². The van der Waals surface area contributed by atoms with Gasteiger partial charge in [-0.2, -0.15) is 13.2 Å². The molecule has 3 nitrogen and oxygen atoms in total. The molecule has 0 aliphatic heterocycles. The van der Waals surface area contributed by atoms with E-state index >= 15 is 0 Å². The van der Waals surface area contributed by atoms with Gasteiger partial charge in [0.2, 0.25) is 0 Å². The van der Waals surface area contributed by atoms with Crippen LogP contribution in [0, 0.1) is 0 Å². The monoisotopic (exact) mass is 255 g/mol. The third-order valence-electron chi connectivity index (χ3n) is 1.84. The molecule has 0 saturated carbocycles. The molecule has 0 bridgehead atoms. The zero-order valence-electron chi connectivity index (χ0n) is 8.13. The number of carboxylic acids is 1. The van der Waals surface area contributed by atoms with E-state index in [0.29, 0.717) is 12.1 Å². The average molecular weight is 255 g/mol. The number of pyridine rings is 1. The minimum Gasteiger partial charge on any atom is -0.481 e. The first-order valence-corrected chi connectivity index (χ1v) is 4.28. The van der Waals surface area contributed by atoms with Gasteiger partial charge >= 0.3 is 12.1 Å². The number of aliphatic carboxylic acids is 1. The summed E-state index contributed by atoms with van der Waals surface area (Å²) in [4.78, 5) is 13.4. The summed E-state index contributed by atoms with van der Waals surface area (Å²) >= 11 is 0. The standard InChI is InChI=1S/C9H6F5NO2/c10-8(11)5-2-1-4(9(12,13)14)6(15-5)3-7(16)17/h1-2,8H,3H2,(H,16,17). The average Bonchev–Trinajstić information content (AvgIpc) is 2.14. The molecule has 0 atom stereocenters. The van der Waals surface area contributed by atoms with Crippen LogP contribution in [0.1, 0.15) is 23.4 Å². The van der Waals surface area contributed by atoms with E-state index in [4.69, 9.17) is 5.11 Å². The quantitative estimate of drug-likeness (QED) is 0.845. The number of hydrogen-bond donors (Lipinski definition) is 1. The molecule has 0 unspecified atom stereocenters. The van der Waals surface area contributed by atoms with E-state index in [9.17, 15) is 26.7 Å². The number of nitrogens with zero attached hydrogens (tertiary/aromatic N) is 1. The lowest BCUT2D eigenvalue weighted by Gasteiger charge is -2.12. The molecule has 0 aliphatic carbocycles.